The van der Waals surface area contributed by atoms with Crippen molar-refractivity contribution in [2.24, 2.45) is 10.9 Å². The van der Waals surface area contributed by atoms with Crippen LogP contribution < -0.4 is 0 Å². The Morgan fingerprint density at radius 3 is 2.53 bits per heavy atom. The molecule has 162 valence electrons. The molecule has 1 aromatic carbocycles. The van der Waals surface area contributed by atoms with E-state index in [4.69, 9.17) is 9.73 Å². The largest absolute Gasteiger partial charge is 0.444 e. The Morgan fingerprint density at radius 2 is 1.90 bits per heavy atom. The van der Waals surface area contributed by atoms with Gasteiger partial charge in [0.1, 0.15) is 17.0 Å². The van der Waals surface area contributed by atoms with Crippen LogP contribution in [0.2, 0.25) is 0 Å². The Hall–Kier alpha value is -1.89. The number of amidine groups is 1. The Bertz CT molecular complexity index is 853. The second-order valence-electron chi connectivity index (χ2n) is 9.68. The van der Waals surface area contributed by atoms with Crippen LogP contribution in [0.3, 0.4) is 0 Å². The number of carbonyl (C=O) groups is 2. The molecule has 4 rings (SSSR count). The first-order chi connectivity index (χ1) is 14.2. The third-order valence-corrected chi connectivity index (χ3v) is 6.66. The average Bonchev–Trinajstić information content (AvgIpc) is 3.39. The van der Waals surface area contributed by atoms with E-state index in [1.54, 1.807) is 4.90 Å². The van der Waals surface area contributed by atoms with Gasteiger partial charge in [-0.05, 0) is 58.1 Å². The van der Waals surface area contributed by atoms with Crippen LogP contribution in [0.4, 0.5) is 4.79 Å². The molecule has 2 aliphatic heterocycles. The summed E-state index contributed by atoms with van der Waals surface area (Å²) in [6.45, 7) is 7.50. The minimum absolute atomic E-state index is 0.133. The number of amides is 2. The van der Waals surface area contributed by atoms with Crippen LogP contribution in [-0.2, 0) is 9.53 Å². The lowest BCUT2D eigenvalue weighted by Crippen LogP contribution is -2.44. The normalized spacial score (nSPS) is 23.4. The lowest BCUT2D eigenvalue weighted by atomic mass is 9.97. The number of carbonyl (C=O) groups excluding carboxylic acids is 2. The highest BCUT2D eigenvalue weighted by Gasteiger charge is 2.50. The number of nitrogens with zero attached hydrogens (tertiary/aromatic N) is 3. The third-order valence-electron chi connectivity index (χ3n) is 6.13. The summed E-state index contributed by atoms with van der Waals surface area (Å²) in [5.74, 6) is 1.14. The molecule has 1 saturated carbocycles. The Labute approximate surface area is 186 Å². The van der Waals surface area contributed by atoms with E-state index >= 15 is 0 Å². The van der Waals surface area contributed by atoms with Crippen molar-refractivity contribution in [3.8, 4) is 0 Å². The molecule has 1 aliphatic carbocycles. The summed E-state index contributed by atoms with van der Waals surface area (Å²) in [7, 11) is 0. The molecular formula is C23H30BrN3O3. The number of hydrogen-bond donors (Lipinski definition) is 0. The van der Waals surface area contributed by atoms with Crippen molar-refractivity contribution in [3.63, 3.8) is 0 Å². The van der Waals surface area contributed by atoms with Crippen LogP contribution in [0, 0.1) is 5.92 Å². The number of aliphatic imine (C=N–C) groups is 1. The van der Waals surface area contributed by atoms with Crippen LogP contribution >= 0.6 is 15.9 Å². The van der Waals surface area contributed by atoms with Gasteiger partial charge in [0, 0.05) is 29.7 Å². The minimum atomic E-state index is -0.578. The lowest BCUT2D eigenvalue weighted by Gasteiger charge is -2.26. The molecule has 2 amide bonds. The zero-order valence-corrected chi connectivity index (χ0v) is 19.6. The summed E-state index contributed by atoms with van der Waals surface area (Å²) < 4.78 is 6.52. The Kier molecular flexibility index (Phi) is 5.68. The number of hydrogen-bond acceptors (Lipinski definition) is 4. The molecule has 0 radical (unpaired) electrons. The van der Waals surface area contributed by atoms with E-state index in [1.807, 2.05) is 49.9 Å². The van der Waals surface area contributed by atoms with E-state index in [-0.39, 0.29) is 17.9 Å². The zero-order valence-electron chi connectivity index (χ0n) is 18.0. The molecule has 1 atom stereocenters. The van der Waals surface area contributed by atoms with Crippen molar-refractivity contribution in [1.29, 1.82) is 0 Å². The van der Waals surface area contributed by atoms with Crippen molar-refractivity contribution < 1.29 is 14.3 Å². The van der Waals surface area contributed by atoms with Crippen molar-refractivity contribution in [2.45, 2.75) is 64.0 Å². The van der Waals surface area contributed by atoms with Gasteiger partial charge in [-0.15, -0.1) is 0 Å². The third kappa shape index (κ3) is 4.27. The van der Waals surface area contributed by atoms with Crippen molar-refractivity contribution in [2.75, 3.05) is 19.6 Å². The molecule has 1 spiro atoms. The van der Waals surface area contributed by atoms with Gasteiger partial charge in [0.25, 0.3) is 5.91 Å². The van der Waals surface area contributed by atoms with Gasteiger partial charge in [-0.1, -0.05) is 40.9 Å². The van der Waals surface area contributed by atoms with Crippen molar-refractivity contribution in [3.05, 3.63) is 34.3 Å². The van der Waals surface area contributed by atoms with Crippen molar-refractivity contribution >= 4 is 33.8 Å². The van der Waals surface area contributed by atoms with Gasteiger partial charge in [0.05, 0.1) is 0 Å². The zero-order chi connectivity index (χ0) is 21.5. The van der Waals surface area contributed by atoms with Gasteiger partial charge in [-0.3, -0.25) is 14.7 Å². The first kappa shape index (κ1) is 21.3. The summed E-state index contributed by atoms with van der Waals surface area (Å²) >= 11 is 3.48. The first-order valence-corrected chi connectivity index (χ1v) is 11.6. The van der Waals surface area contributed by atoms with E-state index in [1.165, 1.54) is 0 Å². The number of likely N-dealkylation sites (tertiary alicyclic amines) is 1. The summed E-state index contributed by atoms with van der Waals surface area (Å²) in [5, 5.41) is 0. The molecule has 0 N–H and O–H groups in total. The molecule has 2 fully saturated rings. The van der Waals surface area contributed by atoms with E-state index in [0.717, 1.165) is 48.0 Å². The Morgan fingerprint density at radius 1 is 1.23 bits per heavy atom. The molecule has 1 aromatic rings. The van der Waals surface area contributed by atoms with Gasteiger partial charge < -0.3 is 9.64 Å². The predicted molar refractivity (Wildman–Crippen MR) is 120 cm³/mol. The quantitative estimate of drug-likeness (QED) is 0.640. The summed E-state index contributed by atoms with van der Waals surface area (Å²) in [6, 6.07) is 8.00. The van der Waals surface area contributed by atoms with Gasteiger partial charge >= 0.3 is 6.09 Å². The Balaban J connectivity index is 1.51. The van der Waals surface area contributed by atoms with Crippen LogP contribution in [0.15, 0.2) is 33.7 Å². The van der Waals surface area contributed by atoms with Crippen LogP contribution in [0.1, 0.15) is 58.4 Å². The fraction of sp³-hybridized carbons (Fsp3) is 0.609. The number of rotatable bonds is 3. The van der Waals surface area contributed by atoms with E-state index in [0.29, 0.717) is 19.6 Å². The van der Waals surface area contributed by atoms with Crippen LogP contribution in [0.25, 0.3) is 0 Å². The van der Waals surface area contributed by atoms with E-state index in [2.05, 4.69) is 15.9 Å². The SMILES string of the molecule is CC(C)(C)OC(=O)N1CCC(CN2C(=O)C3(CCCC3)N=C2c2ccc(Br)cc2)C1. The minimum Gasteiger partial charge on any atom is -0.444 e. The summed E-state index contributed by atoms with van der Waals surface area (Å²) in [6.07, 6.45) is 4.35. The topological polar surface area (TPSA) is 62.2 Å². The van der Waals surface area contributed by atoms with Crippen LogP contribution in [-0.4, -0.2) is 58.4 Å². The molecule has 1 saturated heterocycles. The molecule has 30 heavy (non-hydrogen) atoms. The smallest absolute Gasteiger partial charge is 0.410 e. The second kappa shape index (κ2) is 7.98. The fourth-order valence-corrected chi connectivity index (χ4v) is 4.93. The maximum atomic E-state index is 13.5. The van der Waals surface area contributed by atoms with Gasteiger partial charge in [0.2, 0.25) is 0 Å². The van der Waals surface area contributed by atoms with E-state index in [9.17, 15) is 9.59 Å². The van der Waals surface area contributed by atoms with E-state index < -0.39 is 11.1 Å². The molecule has 0 aromatic heterocycles. The number of ether oxygens (including phenoxy) is 1. The van der Waals surface area contributed by atoms with Gasteiger partial charge in [-0.25, -0.2) is 4.79 Å². The predicted octanol–water partition coefficient (Wildman–Crippen LogP) is 4.61. The van der Waals surface area contributed by atoms with Gasteiger partial charge in [0.15, 0.2) is 0 Å². The molecular weight excluding hydrogens is 446 g/mol. The average molecular weight is 476 g/mol. The molecule has 3 aliphatic rings. The van der Waals surface area contributed by atoms with Crippen LogP contribution in [0.5, 0.6) is 0 Å². The molecule has 2 heterocycles. The lowest BCUT2D eigenvalue weighted by molar-refractivity contribution is -0.131. The van der Waals surface area contributed by atoms with Crippen molar-refractivity contribution in [1.82, 2.24) is 9.80 Å². The monoisotopic (exact) mass is 475 g/mol. The molecule has 6 nitrogen and oxygen atoms in total. The maximum Gasteiger partial charge on any atom is 0.410 e. The fourth-order valence-electron chi connectivity index (χ4n) is 4.66. The first-order valence-electron chi connectivity index (χ1n) is 10.8. The highest BCUT2D eigenvalue weighted by atomic mass is 79.9. The molecule has 0 bridgehead atoms. The number of halogens is 1. The summed E-state index contributed by atoms with van der Waals surface area (Å²) in [4.78, 5) is 34.5. The highest BCUT2D eigenvalue weighted by molar-refractivity contribution is 9.10. The second-order valence-corrected chi connectivity index (χ2v) is 10.6. The molecule has 7 heteroatoms. The molecule has 1 unspecified atom stereocenters. The van der Waals surface area contributed by atoms with Gasteiger partial charge in [-0.2, -0.15) is 0 Å². The standard InChI is InChI=1S/C23H30BrN3O3/c1-22(2,3)30-21(29)26-13-10-16(14-26)15-27-19(17-6-8-18(24)9-7-17)25-23(20(27)28)11-4-5-12-23/h6-9,16H,4-5,10-15H2,1-3H3. The maximum absolute atomic E-state index is 13.5. The highest BCUT2D eigenvalue weighted by Crippen LogP contribution is 2.40. The summed E-state index contributed by atoms with van der Waals surface area (Å²) in [5.41, 5.74) is -0.111. The number of benzene rings is 1.